The van der Waals surface area contributed by atoms with Gasteiger partial charge in [-0.2, -0.15) is 0 Å². The molecule has 9 aromatic carbocycles. The highest BCUT2D eigenvalue weighted by atomic mass is 16.3. The summed E-state index contributed by atoms with van der Waals surface area (Å²) in [6.07, 6.45) is 0. The highest BCUT2D eigenvalue weighted by molar-refractivity contribution is 6.22. The molecule has 1 heterocycles. The third-order valence-corrected chi connectivity index (χ3v) is 10.3. The lowest BCUT2D eigenvalue weighted by Crippen LogP contribution is -2.10. The Kier molecular flexibility index (Phi) is 7.18. The minimum absolute atomic E-state index is 0.905. The molecule has 0 saturated carbocycles. The molecule has 0 N–H and O–H groups in total. The van der Waals surface area contributed by atoms with E-state index in [0.717, 1.165) is 50.1 Å². The second kappa shape index (κ2) is 12.5. The zero-order valence-electron chi connectivity index (χ0n) is 28.4. The van der Waals surface area contributed by atoms with Gasteiger partial charge < -0.3 is 9.32 Å². The largest absolute Gasteiger partial charge is 0.455 e. The third-order valence-electron chi connectivity index (χ3n) is 10.3. The molecule has 0 radical (unpaired) electrons. The Morgan fingerprint density at radius 1 is 0.346 bits per heavy atom. The molecule has 244 valence electrons. The number of fused-ring (bicyclic) bond motifs is 6. The second-order valence-electron chi connectivity index (χ2n) is 13.3. The Hall–Kier alpha value is -6.90. The van der Waals surface area contributed by atoms with Crippen LogP contribution in [0, 0.1) is 0 Å². The van der Waals surface area contributed by atoms with Crippen molar-refractivity contribution < 1.29 is 4.42 Å². The first kappa shape index (κ1) is 30.0. The van der Waals surface area contributed by atoms with E-state index < -0.39 is 0 Å². The molecule has 0 atom stereocenters. The highest BCUT2D eigenvalue weighted by Gasteiger charge is 2.20. The zero-order chi connectivity index (χ0) is 34.4. The van der Waals surface area contributed by atoms with Crippen LogP contribution >= 0.6 is 0 Å². The van der Waals surface area contributed by atoms with Gasteiger partial charge in [0.25, 0.3) is 0 Å². The van der Waals surface area contributed by atoms with E-state index in [0.29, 0.717) is 0 Å². The Bertz CT molecular complexity index is 2870. The van der Waals surface area contributed by atoms with Crippen LogP contribution in [0.25, 0.3) is 76.9 Å². The molecular formula is C50H33NO. The molecule has 10 aromatic rings. The van der Waals surface area contributed by atoms with Crippen molar-refractivity contribution in [1.29, 1.82) is 0 Å². The summed E-state index contributed by atoms with van der Waals surface area (Å²) in [6, 6.07) is 71.6. The third kappa shape index (κ3) is 5.04. The van der Waals surface area contributed by atoms with Crippen molar-refractivity contribution in [3.8, 4) is 33.4 Å². The first-order chi connectivity index (χ1) is 25.8. The van der Waals surface area contributed by atoms with Crippen LogP contribution in [0.5, 0.6) is 0 Å². The molecule has 0 amide bonds. The summed E-state index contributed by atoms with van der Waals surface area (Å²) in [4.78, 5) is 2.38. The van der Waals surface area contributed by atoms with Crippen LogP contribution in [0.4, 0.5) is 17.1 Å². The first-order valence-corrected chi connectivity index (χ1v) is 17.8. The maximum absolute atomic E-state index is 6.60. The zero-order valence-corrected chi connectivity index (χ0v) is 28.4. The van der Waals surface area contributed by atoms with E-state index >= 15 is 0 Å². The molecule has 52 heavy (non-hydrogen) atoms. The smallest absolute Gasteiger partial charge is 0.143 e. The van der Waals surface area contributed by atoms with Gasteiger partial charge in [-0.15, -0.1) is 0 Å². The molecule has 0 aliphatic carbocycles. The molecule has 0 aliphatic rings. The maximum Gasteiger partial charge on any atom is 0.143 e. The minimum Gasteiger partial charge on any atom is -0.455 e. The van der Waals surface area contributed by atoms with Crippen molar-refractivity contribution >= 4 is 60.5 Å². The van der Waals surface area contributed by atoms with Crippen LogP contribution in [0.3, 0.4) is 0 Å². The molecule has 0 bridgehead atoms. The topological polar surface area (TPSA) is 16.4 Å². The molecule has 1 aromatic heterocycles. The normalized spacial score (nSPS) is 11.5. The monoisotopic (exact) mass is 663 g/mol. The molecule has 0 fully saturated rings. The van der Waals surface area contributed by atoms with Crippen molar-refractivity contribution in [3.05, 3.63) is 200 Å². The molecule has 0 saturated heterocycles. The van der Waals surface area contributed by atoms with Crippen LogP contribution in [-0.4, -0.2) is 0 Å². The van der Waals surface area contributed by atoms with Crippen molar-refractivity contribution in [2.45, 2.75) is 0 Å². The fourth-order valence-corrected chi connectivity index (χ4v) is 7.79. The number of nitrogens with zero attached hydrogens (tertiary/aromatic N) is 1. The minimum atomic E-state index is 0.905. The van der Waals surface area contributed by atoms with E-state index in [9.17, 15) is 0 Å². The Morgan fingerprint density at radius 2 is 0.865 bits per heavy atom. The first-order valence-electron chi connectivity index (χ1n) is 17.8. The van der Waals surface area contributed by atoms with Crippen LogP contribution < -0.4 is 4.90 Å². The van der Waals surface area contributed by atoms with Crippen LogP contribution in [0.15, 0.2) is 205 Å². The van der Waals surface area contributed by atoms with Gasteiger partial charge in [0.15, 0.2) is 0 Å². The molecule has 10 rings (SSSR count). The Morgan fingerprint density at radius 3 is 1.58 bits per heavy atom. The summed E-state index contributed by atoms with van der Waals surface area (Å²) >= 11 is 0. The molecule has 0 unspecified atom stereocenters. The number of hydrogen-bond acceptors (Lipinski definition) is 2. The summed E-state index contributed by atoms with van der Waals surface area (Å²) in [5.74, 6) is 0. The lowest BCUT2D eigenvalue weighted by Gasteiger charge is -2.28. The van der Waals surface area contributed by atoms with E-state index in [1.165, 1.54) is 43.8 Å². The maximum atomic E-state index is 6.60. The molecule has 2 heteroatoms. The van der Waals surface area contributed by atoms with Gasteiger partial charge in [0.1, 0.15) is 11.2 Å². The number of hydrogen-bond donors (Lipinski definition) is 0. The van der Waals surface area contributed by atoms with E-state index in [4.69, 9.17) is 4.42 Å². The highest BCUT2D eigenvalue weighted by Crippen LogP contribution is 2.44. The van der Waals surface area contributed by atoms with E-state index in [-0.39, 0.29) is 0 Å². The Labute approximate surface area is 302 Å². The van der Waals surface area contributed by atoms with Gasteiger partial charge in [-0.3, -0.25) is 0 Å². The summed E-state index contributed by atoms with van der Waals surface area (Å²) in [6.45, 7) is 0. The predicted molar refractivity (Wildman–Crippen MR) is 220 cm³/mol. The number of para-hydroxylation sites is 1. The van der Waals surface area contributed by atoms with Gasteiger partial charge in [-0.25, -0.2) is 0 Å². The van der Waals surface area contributed by atoms with Crippen LogP contribution in [-0.2, 0) is 0 Å². The van der Waals surface area contributed by atoms with Gasteiger partial charge in [0, 0.05) is 33.1 Å². The number of benzene rings is 9. The standard InChI is InChI=1S/C50H33NO/c1-3-13-34(14-4-1)35-23-27-39(28-24-35)51(47-32-31-41(36-15-5-2-6-16-36)43-19-9-10-20-44(43)47)40-29-25-37(26-30-40)46-33-38-17-7-8-18-42(38)49-45-21-11-12-22-48(45)52-50(46)49/h1-33H. The number of anilines is 3. The Balaban J connectivity index is 1.14. The summed E-state index contributed by atoms with van der Waals surface area (Å²) < 4.78 is 6.60. The van der Waals surface area contributed by atoms with Crippen molar-refractivity contribution in [2.75, 3.05) is 4.90 Å². The SMILES string of the molecule is c1ccc(-c2ccc(N(c3ccc(-c4cc5ccccc5c5c4oc4ccccc45)cc3)c3ccc(-c4ccccc4)c4ccccc34)cc2)cc1. The fraction of sp³-hybridized carbons (Fsp3) is 0. The van der Waals surface area contributed by atoms with Gasteiger partial charge in [0.05, 0.1) is 5.69 Å². The van der Waals surface area contributed by atoms with Gasteiger partial charge in [-0.1, -0.05) is 158 Å². The van der Waals surface area contributed by atoms with Crippen LogP contribution in [0.1, 0.15) is 0 Å². The molecule has 2 nitrogen and oxygen atoms in total. The lowest BCUT2D eigenvalue weighted by molar-refractivity contribution is 0.670. The van der Waals surface area contributed by atoms with Crippen molar-refractivity contribution in [3.63, 3.8) is 0 Å². The van der Waals surface area contributed by atoms with E-state index in [1.807, 2.05) is 6.07 Å². The fourth-order valence-electron chi connectivity index (χ4n) is 7.79. The number of rotatable bonds is 6. The van der Waals surface area contributed by atoms with Crippen molar-refractivity contribution in [1.82, 2.24) is 0 Å². The van der Waals surface area contributed by atoms with Crippen molar-refractivity contribution in [2.24, 2.45) is 0 Å². The molecule has 0 aliphatic heterocycles. The van der Waals surface area contributed by atoms with E-state index in [2.05, 4.69) is 199 Å². The summed E-state index contributed by atoms with van der Waals surface area (Å²) in [5, 5.41) is 7.13. The van der Waals surface area contributed by atoms with Gasteiger partial charge >= 0.3 is 0 Å². The van der Waals surface area contributed by atoms with Gasteiger partial charge in [-0.05, 0) is 86.4 Å². The van der Waals surface area contributed by atoms with Gasteiger partial charge in [0.2, 0.25) is 0 Å². The average molecular weight is 664 g/mol. The predicted octanol–water partition coefficient (Wildman–Crippen LogP) is 14.4. The van der Waals surface area contributed by atoms with Crippen LogP contribution in [0.2, 0.25) is 0 Å². The summed E-state index contributed by atoms with van der Waals surface area (Å²) in [7, 11) is 0. The summed E-state index contributed by atoms with van der Waals surface area (Å²) in [5.41, 5.74) is 12.2. The lowest BCUT2D eigenvalue weighted by atomic mass is 9.95. The second-order valence-corrected chi connectivity index (χ2v) is 13.3. The average Bonchev–Trinajstić information content (AvgIpc) is 3.62. The van der Waals surface area contributed by atoms with E-state index in [1.54, 1.807) is 0 Å². The molecular weight excluding hydrogens is 631 g/mol. The quantitative estimate of drug-likeness (QED) is 0.176. The molecule has 0 spiro atoms. The number of furan rings is 1.